The molecule has 3 aromatic heterocycles. The topological polar surface area (TPSA) is 73.8 Å². The molecule has 33 heavy (non-hydrogen) atoms. The summed E-state index contributed by atoms with van der Waals surface area (Å²) in [6.07, 6.45) is 0.0219. The van der Waals surface area contributed by atoms with E-state index in [1.165, 1.54) is 29.5 Å². The van der Waals surface area contributed by atoms with Gasteiger partial charge in [0.2, 0.25) is 11.8 Å². The predicted molar refractivity (Wildman–Crippen MR) is 120 cm³/mol. The van der Waals surface area contributed by atoms with Crippen LogP contribution in [0.3, 0.4) is 0 Å². The van der Waals surface area contributed by atoms with E-state index >= 15 is 0 Å². The summed E-state index contributed by atoms with van der Waals surface area (Å²) < 4.78 is 48.1. The number of hydrogen-bond acceptors (Lipinski definition) is 7. The summed E-state index contributed by atoms with van der Waals surface area (Å²) in [5, 5.41) is 8.32. The third-order valence-corrected chi connectivity index (χ3v) is 7.66. The molecule has 0 atom stereocenters. The lowest BCUT2D eigenvalue weighted by atomic mass is 10.1. The van der Waals surface area contributed by atoms with Crippen molar-refractivity contribution in [1.29, 1.82) is 0 Å². The Morgan fingerprint density at radius 2 is 1.94 bits per heavy atom. The molecule has 0 bridgehead atoms. The summed E-state index contributed by atoms with van der Waals surface area (Å²) in [4.78, 5) is 20.1. The van der Waals surface area contributed by atoms with Gasteiger partial charge in [-0.15, -0.1) is 21.5 Å². The van der Waals surface area contributed by atoms with E-state index in [1.807, 2.05) is 0 Å². The lowest BCUT2D eigenvalue weighted by Gasteiger charge is -2.17. The standard InChI is InChI=1S/C22H19F3N4O2S2/c1-12-27-28-17(31-12)11-32-21-26-19-18(13-7-3-2-4-10-16(13)33-19)20(30)29(21)15-9-6-5-8-14(15)22(23,24)25/h5-6,8-9H,2-4,7,10-11H2,1H3. The van der Waals surface area contributed by atoms with Crippen LogP contribution in [0.2, 0.25) is 0 Å². The van der Waals surface area contributed by atoms with Crippen LogP contribution in [0.15, 0.2) is 38.6 Å². The molecule has 0 N–H and O–H groups in total. The molecule has 0 aliphatic heterocycles. The van der Waals surface area contributed by atoms with Crippen molar-refractivity contribution in [3.8, 4) is 5.69 Å². The molecule has 0 fully saturated rings. The van der Waals surface area contributed by atoms with Crippen molar-refractivity contribution in [3.63, 3.8) is 0 Å². The van der Waals surface area contributed by atoms with Crippen LogP contribution in [0.5, 0.6) is 0 Å². The van der Waals surface area contributed by atoms with Crippen LogP contribution in [-0.4, -0.2) is 19.7 Å². The Kier molecular flexibility index (Phi) is 5.77. The summed E-state index contributed by atoms with van der Waals surface area (Å²) in [5.41, 5.74) is -0.653. The maximum Gasteiger partial charge on any atom is 0.418 e. The Morgan fingerprint density at radius 3 is 2.70 bits per heavy atom. The largest absolute Gasteiger partial charge is 0.425 e. The van der Waals surface area contributed by atoms with Crippen LogP contribution >= 0.6 is 23.1 Å². The fraction of sp³-hybridized carbons (Fsp3) is 0.364. The Bertz CT molecular complexity index is 1390. The third-order valence-electron chi connectivity index (χ3n) is 5.55. The molecular weight excluding hydrogens is 473 g/mol. The molecule has 1 aliphatic carbocycles. The Morgan fingerprint density at radius 1 is 1.15 bits per heavy atom. The van der Waals surface area contributed by atoms with Crippen molar-refractivity contribution in [2.75, 3.05) is 0 Å². The van der Waals surface area contributed by atoms with Crippen LogP contribution < -0.4 is 5.56 Å². The lowest BCUT2D eigenvalue weighted by Crippen LogP contribution is -2.24. The second-order valence-electron chi connectivity index (χ2n) is 7.80. The van der Waals surface area contributed by atoms with Crippen molar-refractivity contribution >= 4 is 33.3 Å². The van der Waals surface area contributed by atoms with Crippen molar-refractivity contribution in [1.82, 2.24) is 19.7 Å². The zero-order valence-corrected chi connectivity index (χ0v) is 19.2. The minimum absolute atomic E-state index is 0.163. The van der Waals surface area contributed by atoms with E-state index in [0.29, 0.717) is 22.0 Å². The Hall–Kier alpha value is -2.66. The maximum absolute atomic E-state index is 13.9. The van der Waals surface area contributed by atoms with E-state index in [0.717, 1.165) is 64.9 Å². The molecule has 4 aromatic rings. The molecule has 5 rings (SSSR count). The highest BCUT2D eigenvalue weighted by atomic mass is 32.2. The van der Waals surface area contributed by atoms with Gasteiger partial charge in [-0.3, -0.25) is 9.36 Å². The highest BCUT2D eigenvalue weighted by Gasteiger charge is 2.35. The van der Waals surface area contributed by atoms with E-state index in [9.17, 15) is 18.0 Å². The van der Waals surface area contributed by atoms with Gasteiger partial charge in [0.15, 0.2) is 5.16 Å². The predicted octanol–water partition coefficient (Wildman–Crippen LogP) is 5.72. The van der Waals surface area contributed by atoms with Crippen LogP contribution in [0.1, 0.15) is 47.0 Å². The van der Waals surface area contributed by atoms with Gasteiger partial charge in [0.05, 0.1) is 22.4 Å². The first-order chi connectivity index (χ1) is 15.8. The number of aryl methyl sites for hydroxylation is 3. The summed E-state index contributed by atoms with van der Waals surface area (Å²) >= 11 is 2.57. The number of fused-ring (bicyclic) bond motifs is 3. The van der Waals surface area contributed by atoms with Gasteiger partial charge in [0.25, 0.3) is 5.56 Å². The molecule has 0 unspecified atom stereocenters. The fourth-order valence-electron chi connectivity index (χ4n) is 4.10. The Balaban J connectivity index is 1.73. The quantitative estimate of drug-likeness (QED) is 0.206. The number of aromatic nitrogens is 4. The number of halogens is 3. The van der Waals surface area contributed by atoms with Crippen molar-refractivity contribution < 1.29 is 17.6 Å². The normalized spacial score (nSPS) is 14.4. The first-order valence-corrected chi connectivity index (χ1v) is 12.3. The van der Waals surface area contributed by atoms with Crippen LogP contribution in [-0.2, 0) is 24.8 Å². The van der Waals surface area contributed by atoms with Gasteiger partial charge in [0, 0.05) is 11.8 Å². The fourth-order valence-corrected chi connectivity index (χ4v) is 6.25. The molecule has 0 saturated carbocycles. The molecule has 0 spiro atoms. The van der Waals surface area contributed by atoms with Gasteiger partial charge in [-0.05, 0) is 43.4 Å². The molecule has 0 amide bonds. The number of rotatable bonds is 4. The van der Waals surface area contributed by atoms with E-state index < -0.39 is 17.3 Å². The molecule has 1 aromatic carbocycles. The van der Waals surface area contributed by atoms with Crippen LogP contribution in [0.4, 0.5) is 13.2 Å². The van der Waals surface area contributed by atoms with Crippen molar-refractivity contribution in [3.05, 3.63) is 62.4 Å². The lowest BCUT2D eigenvalue weighted by molar-refractivity contribution is -0.137. The summed E-state index contributed by atoms with van der Waals surface area (Å²) in [7, 11) is 0. The molecule has 3 heterocycles. The second-order valence-corrected chi connectivity index (χ2v) is 9.82. The Labute approximate surface area is 194 Å². The number of benzene rings is 1. The second kappa shape index (κ2) is 8.60. The van der Waals surface area contributed by atoms with Gasteiger partial charge in [-0.25, -0.2) is 4.98 Å². The van der Waals surface area contributed by atoms with E-state index in [1.54, 1.807) is 6.92 Å². The molecular formula is C22H19F3N4O2S2. The van der Waals surface area contributed by atoms with Crippen LogP contribution in [0.25, 0.3) is 15.9 Å². The minimum atomic E-state index is -4.62. The van der Waals surface area contributed by atoms with E-state index in [4.69, 9.17) is 4.42 Å². The molecule has 0 saturated heterocycles. The molecule has 0 radical (unpaired) electrons. The number of hydrogen-bond donors (Lipinski definition) is 0. The summed E-state index contributed by atoms with van der Waals surface area (Å²) in [6, 6.07) is 5.10. The zero-order valence-electron chi connectivity index (χ0n) is 17.6. The van der Waals surface area contributed by atoms with Gasteiger partial charge in [-0.2, -0.15) is 13.2 Å². The number of alkyl halides is 3. The average molecular weight is 493 g/mol. The number of thiophene rings is 1. The number of para-hydroxylation sites is 1. The molecule has 6 nitrogen and oxygen atoms in total. The van der Waals surface area contributed by atoms with E-state index in [2.05, 4.69) is 15.2 Å². The SMILES string of the molecule is Cc1nnc(CSc2nc3sc4c(c3c(=O)n2-c2ccccc2C(F)(F)F)CCCCC4)o1. The number of thioether (sulfide) groups is 1. The minimum Gasteiger partial charge on any atom is -0.425 e. The molecule has 11 heteroatoms. The number of nitrogens with zero attached hydrogens (tertiary/aromatic N) is 4. The van der Waals surface area contributed by atoms with Gasteiger partial charge < -0.3 is 4.42 Å². The highest BCUT2D eigenvalue weighted by Crippen LogP contribution is 2.38. The smallest absolute Gasteiger partial charge is 0.418 e. The zero-order chi connectivity index (χ0) is 23.2. The summed E-state index contributed by atoms with van der Waals surface area (Å²) in [5.74, 6) is 0.873. The maximum atomic E-state index is 13.9. The monoisotopic (exact) mass is 492 g/mol. The van der Waals surface area contributed by atoms with Gasteiger partial charge in [0.1, 0.15) is 4.83 Å². The first-order valence-electron chi connectivity index (χ1n) is 10.5. The van der Waals surface area contributed by atoms with Crippen molar-refractivity contribution in [2.24, 2.45) is 0 Å². The molecule has 172 valence electrons. The summed E-state index contributed by atoms with van der Waals surface area (Å²) in [6.45, 7) is 1.65. The highest BCUT2D eigenvalue weighted by molar-refractivity contribution is 7.98. The third kappa shape index (κ3) is 4.19. The first kappa shape index (κ1) is 22.1. The molecule has 1 aliphatic rings. The van der Waals surface area contributed by atoms with Crippen molar-refractivity contribution in [2.45, 2.75) is 56.1 Å². The van der Waals surface area contributed by atoms with Gasteiger partial charge in [-0.1, -0.05) is 30.3 Å². The van der Waals surface area contributed by atoms with Gasteiger partial charge >= 0.3 is 6.18 Å². The van der Waals surface area contributed by atoms with E-state index in [-0.39, 0.29) is 16.6 Å². The average Bonchev–Trinajstić information content (AvgIpc) is 3.27. The van der Waals surface area contributed by atoms with Crippen LogP contribution in [0, 0.1) is 6.92 Å².